The molecule has 22 heavy (non-hydrogen) atoms. The van der Waals surface area contributed by atoms with Gasteiger partial charge in [-0.15, -0.1) is 6.58 Å². The van der Waals surface area contributed by atoms with Crippen LogP contribution in [0, 0.1) is 0 Å². The molecule has 0 saturated heterocycles. The van der Waals surface area contributed by atoms with Crippen LogP contribution >= 0.6 is 0 Å². The van der Waals surface area contributed by atoms with Gasteiger partial charge in [0.2, 0.25) is 0 Å². The first-order valence-corrected chi connectivity index (χ1v) is 9.32. The van der Waals surface area contributed by atoms with E-state index in [9.17, 15) is 17.2 Å². The van der Waals surface area contributed by atoms with Crippen LogP contribution in [0.5, 0.6) is 0 Å². The summed E-state index contributed by atoms with van der Waals surface area (Å²) < 4.78 is 54.6. The van der Waals surface area contributed by atoms with Crippen LogP contribution in [-0.2, 0) is 10.1 Å². The highest BCUT2D eigenvalue weighted by Gasteiger charge is 2.42. The van der Waals surface area contributed by atoms with Crippen LogP contribution in [0.3, 0.4) is 0 Å². The van der Waals surface area contributed by atoms with Gasteiger partial charge < -0.3 is 5.73 Å². The highest BCUT2D eigenvalue weighted by atomic mass is 32.2. The third-order valence-electron chi connectivity index (χ3n) is 3.12. The molecular weight excluding hydrogens is 312 g/mol. The van der Waals surface area contributed by atoms with Crippen molar-refractivity contribution < 1.29 is 21.8 Å². The first-order chi connectivity index (χ1) is 10.2. The molecule has 0 aliphatic rings. The molecule has 0 saturated carbocycles. The third-order valence-corrected chi connectivity index (χ3v) is 4.07. The standard InChI is InChI=1S/C12H24F2O3S.C3H7N/c1-2-3-4-5-6-7-8-9-10-11-12(13,14)18(15,16)17;1-2-3-4/h2-11H2,1H3,(H,15,16,17);2H,1,3-4H2. The average molecular weight is 343 g/mol. The van der Waals surface area contributed by atoms with E-state index in [1.54, 1.807) is 6.08 Å². The van der Waals surface area contributed by atoms with Gasteiger partial charge >= 0.3 is 15.4 Å². The highest BCUT2D eigenvalue weighted by Crippen LogP contribution is 2.27. The molecule has 0 aromatic carbocycles. The van der Waals surface area contributed by atoms with E-state index in [1.165, 1.54) is 25.7 Å². The Bertz CT molecular complexity index is 360. The molecule has 134 valence electrons. The van der Waals surface area contributed by atoms with E-state index in [1.807, 2.05) is 0 Å². The lowest BCUT2D eigenvalue weighted by Crippen LogP contribution is -2.27. The average Bonchev–Trinajstić information content (AvgIpc) is 2.44. The van der Waals surface area contributed by atoms with E-state index in [0.717, 1.165) is 19.3 Å². The summed E-state index contributed by atoms with van der Waals surface area (Å²) in [6.45, 7) is 6.09. The molecule has 0 fully saturated rings. The SMILES string of the molecule is C=CCN.CCCCCCCCCCCC(F)(F)S(=O)(=O)O. The maximum atomic E-state index is 12.8. The molecule has 0 aromatic heterocycles. The van der Waals surface area contributed by atoms with Crippen LogP contribution in [0.1, 0.15) is 71.1 Å². The van der Waals surface area contributed by atoms with Crippen LogP contribution < -0.4 is 5.73 Å². The molecule has 0 unspecified atom stereocenters. The Morgan fingerprint density at radius 3 is 1.73 bits per heavy atom. The van der Waals surface area contributed by atoms with Crippen LogP contribution in [0.15, 0.2) is 12.7 Å². The summed E-state index contributed by atoms with van der Waals surface area (Å²) in [5, 5.41) is -3.99. The second kappa shape index (κ2) is 14.1. The first kappa shape index (κ1) is 23.7. The minimum atomic E-state index is -5.24. The Morgan fingerprint density at radius 2 is 1.41 bits per heavy atom. The Morgan fingerprint density at radius 1 is 1.05 bits per heavy atom. The third kappa shape index (κ3) is 14.4. The molecule has 0 aliphatic carbocycles. The van der Waals surface area contributed by atoms with Crippen LogP contribution in [0.2, 0.25) is 0 Å². The number of rotatable bonds is 12. The summed E-state index contributed by atoms with van der Waals surface area (Å²) in [5.41, 5.74) is 4.91. The maximum absolute atomic E-state index is 12.8. The number of nitrogens with two attached hydrogens (primary N) is 1. The summed E-state index contributed by atoms with van der Waals surface area (Å²) in [6, 6.07) is 0. The van der Waals surface area contributed by atoms with Gasteiger partial charge in [-0.3, -0.25) is 4.55 Å². The summed E-state index contributed by atoms with van der Waals surface area (Å²) in [4.78, 5) is 0. The minimum Gasteiger partial charge on any atom is -0.327 e. The van der Waals surface area contributed by atoms with Crippen LogP contribution in [-0.4, -0.2) is 24.8 Å². The predicted octanol–water partition coefficient (Wildman–Crippen LogP) is 4.52. The molecule has 4 nitrogen and oxygen atoms in total. The van der Waals surface area contributed by atoms with E-state index in [2.05, 4.69) is 13.5 Å². The second-order valence-corrected chi connectivity index (χ2v) is 6.76. The van der Waals surface area contributed by atoms with E-state index in [4.69, 9.17) is 10.3 Å². The van der Waals surface area contributed by atoms with Gasteiger partial charge in [-0.25, -0.2) is 0 Å². The van der Waals surface area contributed by atoms with E-state index in [-0.39, 0.29) is 6.42 Å². The largest absolute Gasteiger partial charge is 0.370 e. The normalized spacial score (nSPS) is 11.7. The van der Waals surface area contributed by atoms with E-state index >= 15 is 0 Å². The molecule has 0 radical (unpaired) electrons. The summed E-state index contributed by atoms with van der Waals surface area (Å²) in [5.74, 6) is 0. The highest BCUT2D eigenvalue weighted by molar-refractivity contribution is 7.86. The van der Waals surface area contributed by atoms with Crippen molar-refractivity contribution in [2.24, 2.45) is 5.73 Å². The Kier molecular flexibility index (Phi) is 15.2. The smallest absolute Gasteiger partial charge is 0.327 e. The van der Waals surface area contributed by atoms with Crippen molar-refractivity contribution in [2.45, 2.75) is 76.4 Å². The van der Waals surface area contributed by atoms with Gasteiger partial charge in [-0.2, -0.15) is 17.2 Å². The Balaban J connectivity index is 0. The molecule has 0 aromatic rings. The fourth-order valence-electron chi connectivity index (χ4n) is 1.77. The van der Waals surface area contributed by atoms with Crippen molar-refractivity contribution in [3.63, 3.8) is 0 Å². The molecule has 0 rings (SSSR count). The zero-order chi connectivity index (χ0) is 17.5. The number of halogens is 2. The summed E-state index contributed by atoms with van der Waals surface area (Å²) in [6.07, 6.45) is 9.35. The zero-order valence-corrected chi connectivity index (χ0v) is 14.4. The lowest BCUT2D eigenvalue weighted by atomic mass is 10.1. The Hall–Kier alpha value is -0.530. The van der Waals surface area contributed by atoms with E-state index < -0.39 is 21.8 Å². The molecular formula is C15H31F2NO3S. The predicted molar refractivity (Wildman–Crippen MR) is 87.6 cm³/mol. The molecule has 0 heterocycles. The summed E-state index contributed by atoms with van der Waals surface area (Å²) in [7, 11) is -5.24. The lowest BCUT2D eigenvalue weighted by molar-refractivity contribution is 0.0683. The van der Waals surface area contributed by atoms with Crippen molar-refractivity contribution in [3.05, 3.63) is 12.7 Å². The van der Waals surface area contributed by atoms with Gasteiger partial charge in [0.05, 0.1) is 0 Å². The fourth-order valence-corrected chi connectivity index (χ4v) is 2.17. The topological polar surface area (TPSA) is 80.4 Å². The molecule has 0 atom stereocenters. The van der Waals surface area contributed by atoms with Gasteiger partial charge in [0.15, 0.2) is 0 Å². The molecule has 7 heteroatoms. The molecule has 3 N–H and O–H groups in total. The minimum absolute atomic E-state index is 0.127. The molecule has 0 bridgehead atoms. The van der Waals surface area contributed by atoms with Gasteiger partial charge in [0.25, 0.3) is 0 Å². The van der Waals surface area contributed by atoms with Crippen molar-refractivity contribution in [1.82, 2.24) is 0 Å². The number of hydrogen-bond acceptors (Lipinski definition) is 3. The quantitative estimate of drug-likeness (QED) is 0.310. The monoisotopic (exact) mass is 343 g/mol. The molecule has 0 aliphatic heterocycles. The molecule has 0 amide bonds. The van der Waals surface area contributed by atoms with Crippen molar-refractivity contribution in [3.8, 4) is 0 Å². The zero-order valence-electron chi connectivity index (χ0n) is 13.6. The van der Waals surface area contributed by atoms with Gasteiger partial charge in [-0.05, 0) is 6.42 Å². The number of alkyl halides is 2. The lowest BCUT2D eigenvalue weighted by Gasteiger charge is -2.12. The van der Waals surface area contributed by atoms with Gasteiger partial charge in [0, 0.05) is 13.0 Å². The number of hydrogen-bond donors (Lipinski definition) is 2. The van der Waals surface area contributed by atoms with Crippen LogP contribution in [0.4, 0.5) is 8.78 Å². The van der Waals surface area contributed by atoms with Crippen molar-refractivity contribution in [1.29, 1.82) is 0 Å². The van der Waals surface area contributed by atoms with Crippen LogP contribution in [0.25, 0.3) is 0 Å². The van der Waals surface area contributed by atoms with Crippen molar-refractivity contribution in [2.75, 3.05) is 6.54 Å². The van der Waals surface area contributed by atoms with Gasteiger partial charge in [0.1, 0.15) is 0 Å². The number of unbranched alkanes of at least 4 members (excludes halogenated alkanes) is 8. The Labute approximate surface area is 133 Å². The molecule has 0 spiro atoms. The van der Waals surface area contributed by atoms with Crippen molar-refractivity contribution >= 4 is 10.1 Å². The fraction of sp³-hybridized carbons (Fsp3) is 0.867. The second-order valence-electron chi connectivity index (χ2n) is 5.22. The van der Waals surface area contributed by atoms with E-state index in [0.29, 0.717) is 13.0 Å². The maximum Gasteiger partial charge on any atom is 0.370 e. The first-order valence-electron chi connectivity index (χ1n) is 7.88. The summed E-state index contributed by atoms with van der Waals surface area (Å²) >= 11 is 0. The van der Waals surface area contributed by atoms with Gasteiger partial charge in [-0.1, -0.05) is 64.4 Å².